The highest BCUT2D eigenvalue weighted by Crippen LogP contribution is 2.35. The van der Waals surface area contributed by atoms with E-state index in [9.17, 15) is 4.79 Å². The van der Waals surface area contributed by atoms with Gasteiger partial charge in [0.1, 0.15) is 0 Å². The number of aryl methyl sites for hydroxylation is 1. The molecule has 2 bridgehead atoms. The maximum absolute atomic E-state index is 12.7. The molecule has 21 heavy (non-hydrogen) atoms. The molecule has 114 valence electrons. The SMILES string of the molecule is Cc1n[nH]nc1C(=O)N1C[C@@H]2CC[C@H](C1)N(CC1CC1)C2. The Bertz CT molecular complexity index is 538. The van der Waals surface area contributed by atoms with E-state index in [0.717, 1.165) is 19.0 Å². The van der Waals surface area contributed by atoms with Crippen LogP contribution in [0, 0.1) is 18.8 Å². The van der Waals surface area contributed by atoms with Crippen LogP contribution >= 0.6 is 0 Å². The standard InChI is InChI=1S/C15H23N5O/c1-10-14(17-18-16-10)15(21)20-8-12-4-5-13(9-20)19(7-12)6-11-2-3-11/h11-13H,2-9H2,1H3,(H,16,17,18)/t12-,13-/m1/s1. The number of piperidine rings is 1. The summed E-state index contributed by atoms with van der Waals surface area (Å²) < 4.78 is 0. The molecule has 1 saturated carbocycles. The second-order valence-corrected chi connectivity index (χ2v) is 6.96. The highest BCUT2D eigenvalue weighted by atomic mass is 16.2. The molecule has 4 aliphatic rings. The van der Waals surface area contributed by atoms with Gasteiger partial charge < -0.3 is 4.90 Å². The molecule has 3 aliphatic heterocycles. The topological polar surface area (TPSA) is 65.1 Å². The highest BCUT2D eigenvalue weighted by molar-refractivity contribution is 5.93. The maximum atomic E-state index is 12.7. The lowest BCUT2D eigenvalue weighted by molar-refractivity contribution is 0.0730. The van der Waals surface area contributed by atoms with Gasteiger partial charge >= 0.3 is 0 Å². The van der Waals surface area contributed by atoms with Gasteiger partial charge in [-0.2, -0.15) is 15.4 Å². The fourth-order valence-electron chi connectivity index (χ4n) is 3.84. The van der Waals surface area contributed by atoms with Crippen LogP contribution < -0.4 is 0 Å². The Labute approximate surface area is 124 Å². The average Bonchev–Trinajstić information content (AvgIpc) is 3.24. The number of rotatable bonds is 3. The molecule has 4 fully saturated rings. The summed E-state index contributed by atoms with van der Waals surface area (Å²) in [5, 5.41) is 10.6. The summed E-state index contributed by atoms with van der Waals surface area (Å²) in [6, 6.07) is 0.542. The number of H-pyrrole nitrogens is 1. The summed E-state index contributed by atoms with van der Waals surface area (Å²) in [4.78, 5) is 17.3. The Balaban J connectivity index is 1.50. The van der Waals surface area contributed by atoms with Gasteiger partial charge in [0.25, 0.3) is 5.91 Å². The monoisotopic (exact) mass is 289 g/mol. The molecule has 5 rings (SSSR count). The summed E-state index contributed by atoms with van der Waals surface area (Å²) in [5.41, 5.74) is 1.19. The van der Waals surface area contributed by atoms with Crippen molar-refractivity contribution in [1.29, 1.82) is 0 Å². The van der Waals surface area contributed by atoms with E-state index in [1.165, 1.54) is 38.8 Å². The van der Waals surface area contributed by atoms with Crippen LogP contribution in [0.25, 0.3) is 0 Å². The number of carbonyl (C=O) groups is 1. The predicted octanol–water partition coefficient (Wildman–Crippen LogP) is 1.06. The first-order valence-electron chi connectivity index (χ1n) is 8.11. The smallest absolute Gasteiger partial charge is 0.276 e. The molecule has 1 amide bonds. The van der Waals surface area contributed by atoms with Gasteiger partial charge in [-0.15, -0.1) is 0 Å². The Hall–Kier alpha value is -1.43. The zero-order chi connectivity index (χ0) is 14.4. The molecular weight excluding hydrogens is 266 g/mol. The van der Waals surface area contributed by atoms with Gasteiger partial charge in [0.2, 0.25) is 0 Å². The molecule has 1 aromatic rings. The number of aromatic amines is 1. The zero-order valence-electron chi connectivity index (χ0n) is 12.6. The Morgan fingerprint density at radius 2 is 2.05 bits per heavy atom. The van der Waals surface area contributed by atoms with Gasteiger partial charge in [-0.1, -0.05) is 0 Å². The van der Waals surface area contributed by atoms with Crippen LogP contribution in [0.15, 0.2) is 0 Å². The molecule has 0 spiro atoms. The first-order valence-corrected chi connectivity index (χ1v) is 8.11. The summed E-state index contributed by atoms with van der Waals surface area (Å²) in [6.07, 6.45) is 5.29. The molecule has 1 aliphatic carbocycles. The van der Waals surface area contributed by atoms with Crippen LogP contribution in [-0.2, 0) is 0 Å². The van der Waals surface area contributed by atoms with Crippen molar-refractivity contribution >= 4 is 5.91 Å². The van der Waals surface area contributed by atoms with E-state index in [4.69, 9.17) is 0 Å². The number of aromatic nitrogens is 3. The van der Waals surface area contributed by atoms with Crippen molar-refractivity contribution < 1.29 is 4.79 Å². The maximum Gasteiger partial charge on any atom is 0.276 e. The first-order chi connectivity index (χ1) is 10.2. The molecule has 6 nitrogen and oxygen atoms in total. The van der Waals surface area contributed by atoms with Gasteiger partial charge in [-0.3, -0.25) is 9.69 Å². The van der Waals surface area contributed by atoms with Gasteiger partial charge in [0.15, 0.2) is 5.69 Å². The number of nitrogens with one attached hydrogen (secondary N) is 1. The molecule has 0 unspecified atom stereocenters. The zero-order valence-corrected chi connectivity index (χ0v) is 12.6. The van der Waals surface area contributed by atoms with Crippen LogP contribution in [0.1, 0.15) is 41.9 Å². The Morgan fingerprint density at radius 3 is 2.76 bits per heavy atom. The third-order valence-corrected chi connectivity index (χ3v) is 5.23. The lowest BCUT2D eigenvalue weighted by Gasteiger charge is -2.36. The quantitative estimate of drug-likeness (QED) is 0.903. The number of hydrogen-bond donors (Lipinski definition) is 1. The predicted molar refractivity (Wildman–Crippen MR) is 77.8 cm³/mol. The van der Waals surface area contributed by atoms with E-state index in [1.807, 2.05) is 11.8 Å². The summed E-state index contributed by atoms with van der Waals surface area (Å²) in [6.45, 7) is 5.98. The van der Waals surface area contributed by atoms with Crippen molar-refractivity contribution in [3.63, 3.8) is 0 Å². The van der Waals surface area contributed by atoms with Crippen molar-refractivity contribution in [2.45, 2.75) is 38.6 Å². The first kappa shape index (κ1) is 13.2. The van der Waals surface area contributed by atoms with Gasteiger partial charge in [-0.25, -0.2) is 0 Å². The van der Waals surface area contributed by atoms with Gasteiger partial charge in [-0.05, 0) is 44.4 Å². The van der Waals surface area contributed by atoms with Crippen LogP contribution in [0.5, 0.6) is 0 Å². The van der Waals surface area contributed by atoms with Gasteiger partial charge in [0.05, 0.1) is 5.69 Å². The second-order valence-electron chi connectivity index (χ2n) is 6.96. The lowest BCUT2D eigenvalue weighted by atomic mass is 9.95. The Kier molecular flexibility index (Phi) is 3.21. The number of carbonyl (C=O) groups excluding carboxylic acids is 1. The van der Waals surface area contributed by atoms with Crippen molar-refractivity contribution in [2.24, 2.45) is 11.8 Å². The number of fused-ring (bicyclic) bond motifs is 4. The van der Waals surface area contributed by atoms with Crippen LogP contribution in [0.3, 0.4) is 0 Å². The van der Waals surface area contributed by atoms with Crippen molar-refractivity contribution in [2.75, 3.05) is 26.2 Å². The molecule has 6 heteroatoms. The van der Waals surface area contributed by atoms with Crippen LogP contribution in [-0.4, -0.2) is 63.3 Å². The molecule has 3 saturated heterocycles. The van der Waals surface area contributed by atoms with Crippen molar-refractivity contribution in [3.05, 3.63) is 11.4 Å². The third kappa shape index (κ3) is 2.57. The summed E-state index contributed by atoms with van der Waals surface area (Å²) >= 11 is 0. The minimum atomic E-state index is 0.0476. The fourth-order valence-corrected chi connectivity index (χ4v) is 3.84. The van der Waals surface area contributed by atoms with E-state index >= 15 is 0 Å². The van der Waals surface area contributed by atoms with Crippen LogP contribution in [0.4, 0.5) is 0 Å². The molecule has 0 radical (unpaired) electrons. The van der Waals surface area contributed by atoms with E-state index < -0.39 is 0 Å². The average molecular weight is 289 g/mol. The number of amides is 1. The molecule has 1 aromatic heterocycles. The minimum Gasteiger partial charge on any atom is -0.335 e. The second kappa shape index (κ2) is 5.09. The fraction of sp³-hybridized carbons (Fsp3) is 0.800. The van der Waals surface area contributed by atoms with E-state index in [-0.39, 0.29) is 5.91 Å². The van der Waals surface area contributed by atoms with E-state index in [0.29, 0.717) is 23.3 Å². The molecular formula is C15H23N5O. The highest BCUT2D eigenvalue weighted by Gasteiger charge is 2.39. The normalized spacial score (nSPS) is 29.7. The molecule has 4 heterocycles. The summed E-state index contributed by atoms with van der Waals surface area (Å²) in [7, 11) is 0. The number of nitrogens with zero attached hydrogens (tertiary/aromatic N) is 4. The summed E-state index contributed by atoms with van der Waals surface area (Å²) in [5.74, 6) is 1.59. The third-order valence-electron chi connectivity index (χ3n) is 5.23. The van der Waals surface area contributed by atoms with E-state index in [2.05, 4.69) is 20.3 Å². The van der Waals surface area contributed by atoms with Crippen molar-refractivity contribution in [1.82, 2.24) is 25.2 Å². The number of hydrogen-bond acceptors (Lipinski definition) is 4. The van der Waals surface area contributed by atoms with Crippen LogP contribution in [0.2, 0.25) is 0 Å². The molecule has 0 aromatic carbocycles. The molecule has 2 atom stereocenters. The van der Waals surface area contributed by atoms with Crippen molar-refractivity contribution in [3.8, 4) is 0 Å². The molecule has 1 N–H and O–H groups in total. The minimum absolute atomic E-state index is 0.0476. The largest absolute Gasteiger partial charge is 0.335 e. The van der Waals surface area contributed by atoms with E-state index in [1.54, 1.807) is 0 Å². The Morgan fingerprint density at radius 1 is 1.19 bits per heavy atom. The lowest BCUT2D eigenvalue weighted by Crippen LogP contribution is -2.45. The van der Waals surface area contributed by atoms with Gasteiger partial charge in [0, 0.05) is 32.2 Å².